The van der Waals surface area contributed by atoms with E-state index in [1.165, 1.54) is 0 Å². The number of nitrogens with one attached hydrogen (secondary N) is 2. The Bertz CT molecular complexity index is 441. The van der Waals surface area contributed by atoms with Gasteiger partial charge in [0, 0.05) is 37.5 Å². The van der Waals surface area contributed by atoms with Crippen molar-refractivity contribution >= 4 is 23.2 Å². The highest BCUT2D eigenvalue weighted by Crippen LogP contribution is 2.20. The van der Waals surface area contributed by atoms with E-state index in [2.05, 4.69) is 10.6 Å². The van der Waals surface area contributed by atoms with Crippen molar-refractivity contribution in [2.75, 3.05) is 45.3 Å². The molecule has 0 unspecified atom stereocenters. The second kappa shape index (κ2) is 10.4. The summed E-state index contributed by atoms with van der Waals surface area (Å²) in [6.07, 6.45) is 0.757. The number of amides is 1. The molecule has 1 amide bonds. The summed E-state index contributed by atoms with van der Waals surface area (Å²) in [5.41, 5.74) is 1.35. The molecular weight excluding hydrogens is 292 g/mol. The van der Waals surface area contributed by atoms with Crippen LogP contribution in [0.1, 0.15) is 23.7 Å². The van der Waals surface area contributed by atoms with Crippen LogP contribution in [-0.4, -0.2) is 45.9 Å². The zero-order valence-corrected chi connectivity index (χ0v) is 13.3. The molecule has 118 valence electrons. The van der Waals surface area contributed by atoms with Gasteiger partial charge in [-0.25, -0.2) is 0 Å². The first kappa shape index (κ1) is 17.8. The van der Waals surface area contributed by atoms with Crippen LogP contribution in [-0.2, 0) is 9.47 Å². The maximum absolute atomic E-state index is 12.2. The van der Waals surface area contributed by atoms with Crippen LogP contribution in [0, 0.1) is 0 Å². The fraction of sp³-hybridized carbons (Fsp3) is 0.533. The van der Waals surface area contributed by atoms with Crippen LogP contribution in [0.25, 0.3) is 0 Å². The van der Waals surface area contributed by atoms with E-state index in [0.717, 1.165) is 18.7 Å². The first-order chi connectivity index (χ1) is 10.2. The second-order valence-electron chi connectivity index (χ2n) is 4.43. The van der Waals surface area contributed by atoms with Gasteiger partial charge in [-0.3, -0.25) is 4.79 Å². The molecule has 0 saturated carbocycles. The van der Waals surface area contributed by atoms with E-state index in [-0.39, 0.29) is 5.91 Å². The van der Waals surface area contributed by atoms with Gasteiger partial charge >= 0.3 is 0 Å². The second-order valence-corrected chi connectivity index (χ2v) is 4.87. The summed E-state index contributed by atoms with van der Waals surface area (Å²) in [6.45, 7) is 5.04. The summed E-state index contributed by atoms with van der Waals surface area (Å²) in [5, 5.41) is 6.56. The molecule has 0 aromatic heterocycles. The number of anilines is 1. The molecule has 21 heavy (non-hydrogen) atoms. The first-order valence-corrected chi connectivity index (χ1v) is 7.45. The standard InChI is InChI=1S/C15H23ClN2O3/c1-3-17-14-6-5-12(16)11-13(14)15(19)18-7-4-8-21-10-9-20-2/h5-6,11,17H,3-4,7-10H2,1-2H3,(H,18,19). The van der Waals surface area contributed by atoms with Gasteiger partial charge < -0.3 is 20.1 Å². The van der Waals surface area contributed by atoms with Crippen molar-refractivity contribution in [1.29, 1.82) is 0 Å². The molecule has 0 bridgehead atoms. The summed E-state index contributed by atoms with van der Waals surface area (Å²) in [5.74, 6) is -0.134. The topological polar surface area (TPSA) is 59.6 Å². The van der Waals surface area contributed by atoms with E-state index in [1.54, 1.807) is 19.2 Å². The Labute approximate surface area is 131 Å². The number of halogens is 1. The Balaban J connectivity index is 2.39. The lowest BCUT2D eigenvalue weighted by molar-refractivity contribution is 0.0688. The minimum atomic E-state index is -0.134. The number of ether oxygens (including phenoxy) is 2. The van der Waals surface area contributed by atoms with Crippen molar-refractivity contribution in [1.82, 2.24) is 5.32 Å². The third kappa shape index (κ3) is 6.80. The number of carbonyl (C=O) groups is 1. The predicted molar refractivity (Wildman–Crippen MR) is 85.3 cm³/mol. The van der Waals surface area contributed by atoms with Crippen molar-refractivity contribution in [3.8, 4) is 0 Å². The van der Waals surface area contributed by atoms with E-state index < -0.39 is 0 Å². The summed E-state index contributed by atoms with van der Waals surface area (Å²) in [4.78, 5) is 12.2. The van der Waals surface area contributed by atoms with Gasteiger partial charge in [0.1, 0.15) is 0 Å². The molecule has 0 radical (unpaired) electrons. The highest BCUT2D eigenvalue weighted by molar-refractivity contribution is 6.31. The van der Waals surface area contributed by atoms with Crippen molar-refractivity contribution in [2.45, 2.75) is 13.3 Å². The van der Waals surface area contributed by atoms with Gasteiger partial charge in [-0.2, -0.15) is 0 Å². The maximum Gasteiger partial charge on any atom is 0.253 e. The number of carbonyl (C=O) groups excluding carboxylic acids is 1. The molecule has 5 nitrogen and oxygen atoms in total. The van der Waals surface area contributed by atoms with Crippen molar-refractivity contribution in [3.63, 3.8) is 0 Å². The summed E-state index contributed by atoms with van der Waals surface area (Å²) in [6, 6.07) is 5.25. The quantitative estimate of drug-likeness (QED) is 0.652. The Hall–Kier alpha value is -1.30. The SMILES string of the molecule is CCNc1ccc(Cl)cc1C(=O)NCCCOCCOC. The molecule has 0 spiro atoms. The van der Waals surface area contributed by atoms with Gasteiger partial charge in [0.05, 0.1) is 18.8 Å². The normalized spacial score (nSPS) is 10.4. The molecule has 0 aliphatic carbocycles. The fourth-order valence-corrected chi connectivity index (χ4v) is 1.94. The Morgan fingerprint density at radius 2 is 2.10 bits per heavy atom. The van der Waals surface area contributed by atoms with Crippen LogP contribution in [0.2, 0.25) is 5.02 Å². The minimum absolute atomic E-state index is 0.134. The molecule has 6 heteroatoms. The number of hydrogen-bond donors (Lipinski definition) is 2. The van der Waals surface area contributed by atoms with Crippen LogP contribution >= 0.6 is 11.6 Å². The number of methoxy groups -OCH3 is 1. The van der Waals surface area contributed by atoms with Gasteiger partial charge in [0.25, 0.3) is 5.91 Å². The molecule has 1 aromatic carbocycles. The predicted octanol–water partition coefficient (Wildman–Crippen LogP) is 2.55. The molecule has 1 rings (SSSR count). The largest absolute Gasteiger partial charge is 0.385 e. The smallest absolute Gasteiger partial charge is 0.253 e. The van der Waals surface area contributed by atoms with Gasteiger partial charge in [-0.15, -0.1) is 0 Å². The fourth-order valence-electron chi connectivity index (χ4n) is 1.76. The van der Waals surface area contributed by atoms with E-state index >= 15 is 0 Å². The van der Waals surface area contributed by atoms with Crippen LogP contribution in [0.3, 0.4) is 0 Å². The van der Waals surface area contributed by atoms with Crippen LogP contribution in [0.4, 0.5) is 5.69 Å². The Morgan fingerprint density at radius 1 is 1.29 bits per heavy atom. The third-order valence-corrected chi connectivity index (χ3v) is 3.01. The molecule has 0 aliphatic heterocycles. The average Bonchev–Trinajstić information content (AvgIpc) is 2.48. The molecule has 0 fully saturated rings. The van der Waals surface area contributed by atoms with E-state index in [4.69, 9.17) is 21.1 Å². The van der Waals surface area contributed by atoms with Gasteiger partial charge in [-0.05, 0) is 31.5 Å². The highest BCUT2D eigenvalue weighted by atomic mass is 35.5. The third-order valence-electron chi connectivity index (χ3n) is 2.78. The van der Waals surface area contributed by atoms with Crippen molar-refractivity contribution in [3.05, 3.63) is 28.8 Å². The van der Waals surface area contributed by atoms with E-state index in [9.17, 15) is 4.79 Å². The Kier molecular flexibility index (Phi) is 8.82. The van der Waals surface area contributed by atoms with Gasteiger partial charge in [0.15, 0.2) is 0 Å². The van der Waals surface area contributed by atoms with Crippen molar-refractivity contribution < 1.29 is 14.3 Å². The van der Waals surface area contributed by atoms with Crippen LogP contribution in [0.5, 0.6) is 0 Å². The van der Waals surface area contributed by atoms with Gasteiger partial charge in [0.2, 0.25) is 0 Å². The molecule has 0 atom stereocenters. The molecule has 1 aromatic rings. The molecular formula is C15H23ClN2O3. The van der Waals surface area contributed by atoms with Gasteiger partial charge in [-0.1, -0.05) is 11.6 Å². The number of rotatable bonds is 10. The molecule has 0 heterocycles. The highest BCUT2D eigenvalue weighted by Gasteiger charge is 2.11. The number of hydrogen-bond acceptors (Lipinski definition) is 4. The Morgan fingerprint density at radius 3 is 2.81 bits per heavy atom. The molecule has 0 aliphatic rings. The van der Waals surface area contributed by atoms with Crippen LogP contribution in [0.15, 0.2) is 18.2 Å². The maximum atomic E-state index is 12.2. The van der Waals surface area contributed by atoms with E-state index in [0.29, 0.717) is 37.0 Å². The lowest BCUT2D eigenvalue weighted by atomic mass is 10.1. The summed E-state index contributed by atoms with van der Waals surface area (Å²) < 4.78 is 10.2. The zero-order chi connectivity index (χ0) is 15.5. The number of benzene rings is 1. The first-order valence-electron chi connectivity index (χ1n) is 7.07. The minimum Gasteiger partial charge on any atom is -0.385 e. The summed E-state index contributed by atoms with van der Waals surface area (Å²) >= 11 is 5.95. The van der Waals surface area contributed by atoms with E-state index in [1.807, 2.05) is 13.0 Å². The lowest BCUT2D eigenvalue weighted by Gasteiger charge is -2.11. The van der Waals surface area contributed by atoms with Crippen LogP contribution < -0.4 is 10.6 Å². The van der Waals surface area contributed by atoms with Crippen molar-refractivity contribution in [2.24, 2.45) is 0 Å². The average molecular weight is 315 g/mol. The summed E-state index contributed by atoms with van der Waals surface area (Å²) in [7, 11) is 1.64. The zero-order valence-electron chi connectivity index (χ0n) is 12.6. The lowest BCUT2D eigenvalue weighted by Crippen LogP contribution is -2.26. The molecule has 0 saturated heterocycles. The molecule has 2 N–H and O–H groups in total. The monoisotopic (exact) mass is 314 g/mol.